The molecule has 0 aliphatic carbocycles. The van der Waals surface area contributed by atoms with E-state index in [1.807, 2.05) is 11.3 Å². The van der Waals surface area contributed by atoms with Crippen LogP contribution in [0.2, 0.25) is 0 Å². The average molecular weight is 291 g/mol. The van der Waals surface area contributed by atoms with Crippen molar-refractivity contribution in [2.75, 3.05) is 0 Å². The lowest BCUT2D eigenvalue weighted by Crippen LogP contribution is -1.73. The molecule has 0 saturated carbocycles. The lowest BCUT2D eigenvalue weighted by atomic mass is 10.1. The summed E-state index contributed by atoms with van der Waals surface area (Å²) in [5.41, 5.74) is 3.83. The quantitative estimate of drug-likeness (QED) is 0.448. The maximum atomic E-state index is 3.53. The van der Waals surface area contributed by atoms with Crippen LogP contribution < -0.4 is 0 Å². The van der Waals surface area contributed by atoms with Crippen LogP contribution in [0.3, 0.4) is 0 Å². The van der Waals surface area contributed by atoms with E-state index in [1.165, 1.54) is 42.3 Å². The van der Waals surface area contributed by atoms with Gasteiger partial charge < -0.3 is 4.98 Å². The Kier molecular flexibility index (Phi) is 2.86. The summed E-state index contributed by atoms with van der Waals surface area (Å²) in [6.45, 7) is 4.40. The molecule has 104 valence electrons. The molecular formula is C19H17NS. The first-order valence-electron chi connectivity index (χ1n) is 7.38. The van der Waals surface area contributed by atoms with Gasteiger partial charge in [0.2, 0.25) is 0 Å². The SMILES string of the molecule is CC/C=C\c1c(C)sc2c1ccc1[nH]c3ccccc3c12. The van der Waals surface area contributed by atoms with E-state index >= 15 is 0 Å². The minimum atomic E-state index is 1.08. The number of para-hydroxylation sites is 1. The highest BCUT2D eigenvalue weighted by molar-refractivity contribution is 7.20. The largest absolute Gasteiger partial charge is 0.354 e. The molecule has 21 heavy (non-hydrogen) atoms. The second kappa shape index (κ2) is 4.74. The molecule has 0 atom stereocenters. The number of hydrogen-bond acceptors (Lipinski definition) is 1. The Balaban J connectivity index is 2.16. The van der Waals surface area contributed by atoms with Crippen LogP contribution in [0.15, 0.2) is 42.5 Å². The van der Waals surface area contributed by atoms with Crippen LogP contribution in [0.25, 0.3) is 38.0 Å². The Morgan fingerprint density at radius 2 is 1.90 bits per heavy atom. The molecule has 0 fully saturated rings. The Bertz CT molecular complexity index is 985. The van der Waals surface area contributed by atoms with E-state index in [0.717, 1.165) is 6.42 Å². The lowest BCUT2D eigenvalue weighted by molar-refractivity contribution is 1.23. The molecule has 0 aliphatic rings. The highest BCUT2D eigenvalue weighted by Gasteiger charge is 2.13. The maximum absolute atomic E-state index is 3.53. The smallest absolute Gasteiger partial charge is 0.0479 e. The van der Waals surface area contributed by atoms with Gasteiger partial charge >= 0.3 is 0 Å². The molecule has 0 radical (unpaired) electrons. The predicted molar refractivity (Wildman–Crippen MR) is 95.2 cm³/mol. The van der Waals surface area contributed by atoms with Gasteiger partial charge in [0.05, 0.1) is 0 Å². The summed E-state index contributed by atoms with van der Waals surface area (Å²) in [7, 11) is 0. The van der Waals surface area contributed by atoms with E-state index in [2.05, 4.69) is 67.4 Å². The standard InChI is InChI=1S/C19H17NS/c1-3-4-7-13-12(2)21-19-14(13)10-11-17-18(19)15-8-5-6-9-16(15)20-17/h4-11,20H,3H2,1-2H3/b7-4-. The van der Waals surface area contributed by atoms with E-state index in [9.17, 15) is 0 Å². The molecule has 4 aromatic rings. The van der Waals surface area contributed by atoms with Crippen molar-refractivity contribution in [2.24, 2.45) is 0 Å². The Labute approximate surface area is 127 Å². The first kappa shape index (κ1) is 12.7. The highest BCUT2D eigenvalue weighted by atomic mass is 32.1. The minimum Gasteiger partial charge on any atom is -0.354 e. The van der Waals surface area contributed by atoms with Gasteiger partial charge in [0.25, 0.3) is 0 Å². The van der Waals surface area contributed by atoms with Crippen molar-refractivity contribution < 1.29 is 0 Å². The van der Waals surface area contributed by atoms with Crippen LogP contribution in [0.4, 0.5) is 0 Å². The summed E-state index contributed by atoms with van der Waals surface area (Å²) in [5.74, 6) is 0. The topological polar surface area (TPSA) is 15.8 Å². The number of allylic oxidation sites excluding steroid dienone is 1. The first-order valence-corrected chi connectivity index (χ1v) is 8.20. The number of thiophene rings is 1. The van der Waals surface area contributed by atoms with Crippen molar-refractivity contribution in [3.05, 3.63) is 52.9 Å². The normalized spacial score (nSPS) is 12.3. The molecule has 4 rings (SSSR count). The molecule has 0 aliphatic heterocycles. The molecule has 2 heteroatoms. The second-order valence-corrected chi connectivity index (χ2v) is 6.64. The summed E-state index contributed by atoms with van der Waals surface area (Å²) in [5, 5.41) is 4.07. The van der Waals surface area contributed by atoms with E-state index in [0.29, 0.717) is 0 Å². The van der Waals surface area contributed by atoms with E-state index in [4.69, 9.17) is 0 Å². The summed E-state index contributed by atoms with van der Waals surface area (Å²) < 4.78 is 1.40. The van der Waals surface area contributed by atoms with Crippen molar-refractivity contribution >= 4 is 49.3 Å². The number of fused-ring (bicyclic) bond motifs is 5. The highest BCUT2D eigenvalue weighted by Crippen LogP contribution is 2.39. The number of nitrogens with one attached hydrogen (secondary N) is 1. The number of H-pyrrole nitrogens is 1. The molecule has 0 saturated heterocycles. The van der Waals surface area contributed by atoms with Crippen molar-refractivity contribution in [2.45, 2.75) is 20.3 Å². The molecule has 0 bridgehead atoms. The molecular weight excluding hydrogens is 274 g/mol. The van der Waals surface area contributed by atoms with Gasteiger partial charge in [-0.15, -0.1) is 11.3 Å². The number of aromatic amines is 1. The van der Waals surface area contributed by atoms with Gasteiger partial charge in [0.15, 0.2) is 0 Å². The summed E-state index contributed by atoms with van der Waals surface area (Å²) in [4.78, 5) is 4.93. The third kappa shape index (κ3) is 1.83. The zero-order valence-electron chi connectivity index (χ0n) is 12.2. The Morgan fingerprint density at radius 1 is 1.05 bits per heavy atom. The number of aromatic nitrogens is 1. The molecule has 1 N–H and O–H groups in total. The molecule has 2 aromatic heterocycles. The monoisotopic (exact) mass is 291 g/mol. The molecule has 2 heterocycles. The summed E-state index contributed by atoms with van der Waals surface area (Å²) >= 11 is 1.91. The zero-order valence-corrected chi connectivity index (χ0v) is 13.1. The molecule has 0 spiro atoms. The summed E-state index contributed by atoms with van der Waals surface area (Å²) in [6, 6.07) is 13.0. The van der Waals surface area contributed by atoms with Crippen molar-refractivity contribution in [3.8, 4) is 0 Å². The Morgan fingerprint density at radius 3 is 2.76 bits per heavy atom. The van der Waals surface area contributed by atoms with E-state index in [1.54, 1.807) is 0 Å². The van der Waals surface area contributed by atoms with Gasteiger partial charge in [0.1, 0.15) is 0 Å². The maximum Gasteiger partial charge on any atom is 0.0479 e. The lowest BCUT2D eigenvalue weighted by Gasteiger charge is -1.96. The van der Waals surface area contributed by atoms with Gasteiger partial charge in [-0.3, -0.25) is 0 Å². The third-order valence-electron chi connectivity index (χ3n) is 4.07. The van der Waals surface area contributed by atoms with Crippen molar-refractivity contribution in [1.82, 2.24) is 4.98 Å². The fraction of sp³-hybridized carbons (Fsp3) is 0.158. The van der Waals surface area contributed by atoms with Gasteiger partial charge in [-0.2, -0.15) is 0 Å². The van der Waals surface area contributed by atoms with Crippen molar-refractivity contribution in [1.29, 1.82) is 0 Å². The van der Waals surface area contributed by atoms with Crippen LogP contribution in [0.5, 0.6) is 0 Å². The number of hydrogen-bond donors (Lipinski definition) is 1. The third-order valence-corrected chi connectivity index (χ3v) is 5.22. The Hall–Kier alpha value is -2.06. The zero-order chi connectivity index (χ0) is 14.4. The van der Waals surface area contributed by atoms with Crippen LogP contribution in [0.1, 0.15) is 23.8 Å². The van der Waals surface area contributed by atoms with E-state index in [-0.39, 0.29) is 0 Å². The van der Waals surface area contributed by atoms with Crippen LogP contribution in [-0.2, 0) is 0 Å². The number of aryl methyl sites for hydroxylation is 1. The fourth-order valence-electron chi connectivity index (χ4n) is 3.07. The van der Waals surface area contributed by atoms with Gasteiger partial charge in [0, 0.05) is 36.8 Å². The van der Waals surface area contributed by atoms with Crippen LogP contribution >= 0.6 is 11.3 Å². The van der Waals surface area contributed by atoms with Gasteiger partial charge in [-0.25, -0.2) is 0 Å². The molecule has 0 amide bonds. The van der Waals surface area contributed by atoms with Crippen molar-refractivity contribution in [3.63, 3.8) is 0 Å². The number of benzene rings is 2. The van der Waals surface area contributed by atoms with Gasteiger partial charge in [-0.05, 0) is 31.0 Å². The first-order chi connectivity index (χ1) is 10.3. The molecule has 2 aromatic carbocycles. The predicted octanol–water partition coefficient (Wildman–Crippen LogP) is 6.27. The summed E-state index contributed by atoms with van der Waals surface area (Å²) in [6.07, 6.45) is 5.59. The van der Waals surface area contributed by atoms with Crippen LogP contribution in [0, 0.1) is 6.92 Å². The molecule has 1 nitrogen and oxygen atoms in total. The number of rotatable bonds is 2. The average Bonchev–Trinajstić information content (AvgIpc) is 3.02. The molecule has 0 unspecified atom stereocenters. The minimum absolute atomic E-state index is 1.08. The second-order valence-electron chi connectivity index (χ2n) is 5.42. The van der Waals surface area contributed by atoms with Crippen LogP contribution in [-0.4, -0.2) is 4.98 Å². The fourth-order valence-corrected chi connectivity index (χ4v) is 4.27. The van der Waals surface area contributed by atoms with E-state index < -0.39 is 0 Å². The van der Waals surface area contributed by atoms with Gasteiger partial charge in [-0.1, -0.05) is 43.3 Å².